The third kappa shape index (κ3) is 3.28. The molecule has 4 heteroatoms. The van der Waals surface area contributed by atoms with Gasteiger partial charge in [-0.3, -0.25) is 0 Å². The summed E-state index contributed by atoms with van der Waals surface area (Å²) >= 11 is 0. The van der Waals surface area contributed by atoms with E-state index < -0.39 is 14.0 Å². The molecule has 0 aliphatic rings. The molecule has 0 aliphatic heterocycles. The van der Waals surface area contributed by atoms with Crippen LogP contribution in [0.3, 0.4) is 0 Å². The van der Waals surface area contributed by atoms with Crippen LogP contribution >= 0.6 is 0 Å². The van der Waals surface area contributed by atoms with Gasteiger partial charge in [0.25, 0.3) is 0 Å². The Balaban J connectivity index is 2.18. The molecule has 29 heavy (non-hydrogen) atoms. The summed E-state index contributed by atoms with van der Waals surface area (Å²) in [6.07, 6.45) is 1.69. The molecule has 0 spiro atoms. The highest BCUT2D eigenvalue weighted by atomic mass is 28.3. The summed E-state index contributed by atoms with van der Waals surface area (Å²) in [5, 5.41) is 14.3. The Hall–Kier alpha value is -3.50. The fraction of sp³-hybridized carbons (Fsp3) is 0.0400. The Morgan fingerprint density at radius 1 is 0.759 bits per heavy atom. The SMILES string of the molecule is Cc1cnc(C(=O)O)cc1[Si](c1ccccc1)(c1ccccc1)c1ccccc1. The molecule has 1 heterocycles. The van der Waals surface area contributed by atoms with E-state index >= 15 is 0 Å². The summed E-state index contributed by atoms with van der Waals surface area (Å²) in [5.41, 5.74) is 1.07. The van der Waals surface area contributed by atoms with Crippen LogP contribution in [0.25, 0.3) is 0 Å². The molecule has 0 saturated heterocycles. The highest BCUT2D eigenvalue weighted by Gasteiger charge is 2.42. The van der Waals surface area contributed by atoms with Gasteiger partial charge < -0.3 is 5.11 Å². The van der Waals surface area contributed by atoms with E-state index in [1.165, 1.54) is 15.6 Å². The molecule has 0 radical (unpaired) electrons. The van der Waals surface area contributed by atoms with Gasteiger partial charge in [-0.2, -0.15) is 0 Å². The van der Waals surface area contributed by atoms with Gasteiger partial charge >= 0.3 is 5.97 Å². The largest absolute Gasteiger partial charge is 0.477 e. The maximum Gasteiger partial charge on any atom is 0.354 e. The van der Waals surface area contributed by atoms with Gasteiger partial charge in [-0.05, 0) is 39.3 Å². The zero-order chi connectivity index (χ0) is 20.3. The number of nitrogens with zero attached hydrogens (tertiary/aromatic N) is 1. The zero-order valence-corrected chi connectivity index (χ0v) is 17.1. The minimum absolute atomic E-state index is 0.0743. The number of hydrogen-bond acceptors (Lipinski definition) is 2. The van der Waals surface area contributed by atoms with Crippen molar-refractivity contribution in [1.82, 2.24) is 4.98 Å². The minimum atomic E-state index is -2.73. The summed E-state index contributed by atoms with van der Waals surface area (Å²) in [5.74, 6) is -1.01. The predicted octanol–water partition coefficient (Wildman–Crippen LogP) is 2.47. The van der Waals surface area contributed by atoms with E-state index in [0.717, 1.165) is 10.8 Å². The van der Waals surface area contributed by atoms with Crippen molar-refractivity contribution in [2.24, 2.45) is 0 Å². The summed E-state index contributed by atoms with van der Waals surface area (Å²) in [6.45, 7) is 2.02. The first kappa shape index (κ1) is 18.8. The Kier molecular flexibility index (Phi) is 5.10. The molecule has 4 aromatic rings. The molecule has 3 nitrogen and oxygen atoms in total. The monoisotopic (exact) mass is 395 g/mol. The van der Waals surface area contributed by atoms with Crippen LogP contribution in [-0.4, -0.2) is 24.1 Å². The van der Waals surface area contributed by atoms with E-state index in [2.05, 4.69) is 77.8 Å². The van der Waals surface area contributed by atoms with Crippen LogP contribution in [0.5, 0.6) is 0 Å². The third-order valence-electron chi connectivity index (χ3n) is 5.35. The molecule has 0 amide bonds. The molecule has 0 fully saturated rings. The fourth-order valence-electron chi connectivity index (χ4n) is 4.08. The Morgan fingerprint density at radius 3 is 1.55 bits per heavy atom. The van der Waals surface area contributed by atoms with E-state index in [1.54, 1.807) is 12.3 Å². The Morgan fingerprint density at radius 2 is 1.17 bits per heavy atom. The van der Waals surface area contributed by atoms with Gasteiger partial charge in [0.15, 0.2) is 8.07 Å². The topological polar surface area (TPSA) is 50.2 Å². The van der Waals surface area contributed by atoms with Gasteiger partial charge in [-0.25, -0.2) is 9.78 Å². The van der Waals surface area contributed by atoms with Gasteiger partial charge in [0.2, 0.25) is 0 Å². The molecular weight excluding hydrogens is 374 g/mol. The number of carbonyl (C=O) groups is 1. The molecule has 0 bridgehead atoms. The fourth-order valence-corrected chi connectivity index (χ4v) is 9.10. The summed E-state index contributed by atoms with van der Waals surface area (Å²) in [4.78, 5) is 15.9. The standard InChI is InChI=1S/C25H21NO2Si/c1-19-18-26-23(25(27)28)17-24(19)29(20-11-5-2-6-12-20,21-13-7-3-8-14-21)22-15-9-4-10-16-22/h2-18H,1H3,(H,27,28). The number of hydrogen-bond donors (Lipinski definition) is 1. The summed E-state index contributed by atoms with van der Waals surface area (Å²) in [7, 11) is -2.73. The van der Waals surface area contributed by atoms with Crippen LogP contribution in [0.1, 0.15) is 16.1 Å². The first-order valence-corrected chi connectivity index (χ1v) is 11.5. The quantitative estimate of drug-likeness (QED) is 0.417. The Bertz CT molecular complexity index is 1030. The van der Waals surface area contributed by atoms with Gasteiger partial charge in [0, 0.05) is 6.20 Å². The second-order valence-corrected chi connectivity index (χ2v) is 10.8. The van der Waals surface area contributed by atoms with Crippen molar-refractivity contribution in [3.05, 3.63) is 115 Å². The first-order valence-electron chi connectivity index (χ1n) is 9.51. The van der Waals surface area contributed by atoms with Crippen LogP contribution in [-0.2, 0) is 0 Å². The van der Waals surface area contributed by atoms with Crippen molar-refractivity contribution in [3.8, 4) is 0 Å². The van der Waals surface area contributed by atoms with E-state index in [1.807, 2.05) is 25.1 Å². The second kappa shape index (κ2) is 7.85. The van der Waals surface area contributed by atoms with Gasteiger partial charge in [-0.1, -0.05) is 91.0 Å². The zero-order valence-electron chi connectivity index (χ0n) is 16.1. The molecule has 0 saturated carbocycles. The van der Waals surface area contributed by atoms with Crippen molar-refractivity contribution < 1.29 is 9.90 Å². The number of carboxylic acid groups (broad SMARTS) is 1. The van der Waals surface area contributed by atoms with Crippen LogP contribution in [0.2, 0.25) is 0 Å². The molecule has 1 N–H and O–H groups in total. The van der Waals surface area contributed by atoms with E-state index in [9.17, 15) is 9.90 Å². The average molecular weight is 396 g/mol. The highest BCUT2D eigenvalue weighted by Crippen LogP contribution is 2.12. The van der Waals surface area contributed by atoms with Gasteiger partial charge in [0.1, 0.15) is 5.69 Å². The molecule has 0 atom stereocenters. The number of carboxylic acids is 1. The van der Waals surface area contributed by atoms with Crippen molar-refractivity contribution in [3.63, 3.8) is 0 Å². The lowest BCUT2D eigenvalue weighted by atomic mass is 10.2. The number of aryl methyl sites for hydroxylation is 1. The molecule has 3 aromatic carbocycles. The molecule has 142 valence electrons. The number of benzene rings is 3. The second-order valence-electron chi connectivity index (χ2n) is 7.04. The third-order valence-corrected chi connectivity index (χ3v) is 10.3. The van der Waals surface area contributed by atoms with Crippen LogP contribution in [0.15, 0.2) is 103 Å². The van der Waals surface area contributed by atoms with Crippen LogP contribution in [0, 0.1) is 6.92 Å². The smallest absolute Gasteiger partial charge is 0.354 e. The molecular formula is C25H21NO2Si. The predicted molar refractivity (Wildman–Crippen MR) is 120 cm³/mol. The van der Waals surface area contributed by atoms with Gasteiger partial charge in [-0.15, -0.1) is 0 Å². The molecule has 1 aromatic heterocycles. The van der Waals surface area contributed by atoms with Crippen LogP contribution < -0.4 is 20.7 Å². The normalized spacial score (nSPS) is 11.2. The van der Waals surface area contributed by atoms with E-state index in [4.69, 9.17) is 0 Å². The van der Waals surface area contributed by atoms with Crippen LogP contribution in [0.4, 0.5) is 0 Å². The maximum atomic E-state index is 11.8. The van der Waals surface area contributed by atoms with Gasteiger partial charge in [0.05, 0.1) is 0 Å². The van der Waals surface area contributed by atoms with Crippen molar-refractivity contribution >= 4 is 34.8 Å². The highest BCUT2D eigenvalue weighted by molar-refractivity contribution is 7.20. The van der Waals surface area contributed by atoms with E-state index in [-0.39, 0.29) is 5.69 Å². The Labute approximate surface area is 171 Å². The van der Waals surface area contributed by atoms with Crippen molar-refractivity contribution in [1.29, 1.82) is 0 Å². The number of rotatable bonds is 5. The summed E-state index contributed by atoms with van der Waals surface area (Å²) in [6, 6.07) is 33.1. The lowest BCUT2D eigenvalue weighted by Gasteiger charge is -2.35. The molecule has 4 rings (SSSR count). The first-order chi connectivity index (χ1) is 14.1. The molecule has 0 unspecified atom stereocenters. The maximum absolute atomic E-state index is 11.8. The number of aromatic carboxylic acids is 1. The minimum Gasteiger partial charge on any atom is -0.477 e. The number of aromatic nitrogens is 1. The van der Waals surface area contributed by atoms with Crippen molar-refractivity contribution in [2.45, 2.75) is 6.92 Å². The average Bonchev–Trinajstić information content (AvgIpc) is 2.77. The molecule has 0 aliphatic carbocycles. The summed E-state index contributed by atoms with van der Waals surface area (Å²) < 4.78 is 0. The van der Waals surface area contributed by atoms with Crippen molar-refractivity contribution in [2.75, 3.05) is 0 Å². The van der Waals surface area contributed by atoms with E-state index in [0.29, 0.717) is 0 Å². The lowest BCUT2D eigenvalue weighted by molar-refractivity contribution is 0.0690. The lowest BCUT2D eigenvalue weighted by Crippen LogP contribution is -2.75. The number of pyridine rings is 1.